The molecule has 0 spiro atoms. The lowest BCUT2D eigenvalue weighted by molar-refractivity contribution is -0.115. The fourth-order valence-corrected chi connectivity index (χ4v) is 3.63. The van der Waals surface area contributed by atoms with E-state index in [-0.39, 0.29) is 5.91 Å². The van der Waals surface area contributed by atoms with Gasteiger partial charge >= 0.3 is 0 Å². The Morgan fingerprint density at radius 2 is 1.72 bits per heavy atom. The molecule has 1 amide bonds. The summed E-state index contributed by atoms with van der Waals surface area (Å²) in [7, 11) is 0. The zero-order chi connectivity index (χ0) is 17.8. The lowest BCUT2D eigenvalue weighted by Gasteiger charge is -2.04. The van der Waals surface area contributed by atoms with Crippen LogP contribution in [0.15, 0.2) is 48.5 Å². The predicted molar refractivity (Wildman–Crippen MR) is 105 cm³/mol. The highest BCUT2D eigenvalue weighted by molar-refractivity contribution is 7.12. The largest absolute Gasteiger partial charge is 0.326 e. The van der Waals surface area contributed by atoms with Gasteiger partial charge in [-0.05, 0) is 38.0 Å². The quantitative estimate of drug-likeness (QED) is 0.690. The molecule has 4 heteroatoms. The monoisotopic (exact) mass is 350 g/mol. The van der Waals surface area contributed by atoms with Crippen LogP contribution < -0.4 is 5.32 Å². The van der Waals surface area contributed by atoms with Crippen molar-refractivity contribution in [2.75, 3.05) is 5.32 Å². The van der Waals surface area contributed by atoms with E-state index >= 15 is 0 Å². The van der Waals surface area contributed by atoms with Crippen LogP contribution in [0.1, 0.15) is 27.9 Å². The maximum absolute atomic E-state index is 12.3. The van der Waals surface area contributed by atoms with Gasteiger partial charge in [-0.3, -0.25) is 4.79 Å². The molecule has 1 N–H and O–H groups in total. The summed E-state index contributed by atoms with van der Waals surface area (Å²) in [6, 6.07) is 16.3. The van der Waals surface area contributed by atoms with E-state index in [0.717, 1.165) is 33.3 Å². The number of amides is 1. The third-order valence-corrected chi connectivity index (χ3v) is 5.09. The van der Waals surface area contributed by atoms with Gasteiger partial charge in [-0.25, -0.2) is 4.98 Å². The van der Waals surface area contributed by atoms with Crippen molar-refractivity contribution in [1.82, 2.24) is 4.98 Å². The molecule has 0 aliphatic carbocycles. The number of aromatic nitrogens is 1. The third-order valence-electron chi connectivity index (χ3n) is 4.12. The van der Waals surface area contributed by atoms with E-state index in [0.29, 0.717) is 6.42 Å². The average Bonchev–Trinajstić information content (AvgIpc) is 2.97. The molecule has 0 bridgehead atoms. The van der Waals surface area contributed by atoms with E-state index in [1.54, 1.807) is 11.3 Å². The third kappa shape index (κ3) is 4.34. The summed E-state index contributed by atoms with van der Waals surface area (Å²) in [5.74, 6) is -0.0366. The number of hydrogen-bond acceptors (Lipinski definition) is 3. The molecular formula is C21H22N2OS. The van der Waals surface area contributed by atoms with Crippen molar-refractivity contribution in [1.29, 1.82) is 0 Å². The fraction of sp³-hybridized carbons (Fsp3) is 0.238. The zero-order valence-electron chi connectivity index (χ0n) is 14.8. The smallest absolute Gasteiger partial charge is 0.231 e. The molecule has 3 aromatic rings. The van der Waals surface area contributed by atoms with Crippen molar-refractivity contribution in [2.45, 2.75) is 33.6 Å². The molecule has 0 aliphatic rings. The molecule has 3 nitrogen and oxygen atoms in total. The van der Waals surface area contributed by atoms with Gasteiger partial charge in [0.25, 0.3) is 0 Å². The number of hydrogen-bond donors (Lipinski definition) is 1. The molecule has 2 aromatic carbocycles. The SMILES string of the molecule is CCc1ccc(-c2nc(CC(=O)Nc3ccc(C)cc3)sc2C)cc1. The highest BCUT2D eigenvalue weighted by Gasteiger charge is 2.13. The molecule has 0 aliphatic heterocycles. The molecule has 0 fully saturated rings. The number of carbonyl (C=O) groups excluding carboxylic acids is 1. The molecular weight excluding hydrogens is 328 g/mol. The standard InChI is InChI=1S/C21H22N2OS/c1-4-16-7-9-17(10-8-16)21-15(3)25-20(23-21)13-19(24)22-18-11-5-14(2)6-12-18/h5-12H,4,13H2,1-3H3,(H,22,24). The van der Waals surface area contributed by atoms with Crippen LogP contribution >= 0.6 is 11.3 Å². The highest BCUT2D eigenvalue weighted by atomic mass is 32.1. The van der Waals surface area contributed by atoms with Crippen LogP contribution in [-0.2, 0) is 17.6 Å². The van der Waals surface area contributed by atoms with E-state index < -0.39 is 0 Å². The van der Waals surface area contributed by atoms with Crippen molar-refractivity contribution in [3.05, 3.63) is 69.5 Å². The fourth-order valence-electron chi connectivity index (χ4n) is 2.67. The summed E-state index contributed by atoms with van der Waals surface area (Å²) in [5, 5.41) is 3.77. The van der Waals surface area contributed by atoms with Gasteiger partial charge in [0, 0.05) is 16.1 Å². The van der Waals surface area contributed by atoms with Crippen LogP contribution in [0.2, 0.25) is 0 Å². The van der Waals surface area contributed by atoms with Gasteiger partial charge < -0.3 is 5.32 Å². The first-order valence-electron chi connectivity index (χ1n) is 8.47. The van der Waals surface area contributed by atoms with Crippen LogP contribution in [0.3, 0.4) is 0 Å². The number of nitrogens with one attached hydrogen (secondary N) is 1. The van der Waals surface area contributed by atoms with E-state index in [9.17, 15) is 4.79 Å². The molecule has 1 heterocycles. The molecule has 0 radical (unpaired) electrons. The summed E-state index contributed by atoms with van der Waals surface area (Å²) in [6.07, 6.45) is 1.33. The first-order chi connectivity index (χ1) is 12.0. The Kier molecular flexibility index (Phi) is 5.29. The molecule has 0 saturated carbocycles. The number of thiazole rings is 1. The second-order valence-corrected chi connectivity index (χ2v) is 7.44. The van der Waals surface area contributed by atoms with Crippen LogP contribution in [-0.4, -0.2) is 10.9 Å². The number of benzene rings is 2. The molecule has 128 valence electrons. The number of rotatable bonds is 5. The Labute approximate surface area is 152 Å². The van der Waals surface area contributed by atoms with Gasteiger partial charge in [-0.15, -0.1) is 11.3 Å². The maximum Gasteiger partial charge on any atom is 0.231 e. The second kappa shape index (κ2) is 7.62. The van der Waals surface area contributed by atoms with E-state index in [1.807, 2.05) is 31.2 Å². The molecule has 0 saturated heterocycles. The summed E-state index contributed by atoms with van der Waals surface area (Å²) in [5.41, 5.74) is 5.39. The van der Waals surface area contributed by atoms with Crippen LogP contribution in [0.25, 0.3) is 11.3 Å². The topological polar surface area (TPSA) is 42.0 Å². The van der Waals surface area contributed by atoms with Crippen LogP contribution in [0, 0.1) is 13.8 Å². The minimum Gasteiger partial charge on any atom is -0.326 e. The molecule has 0 atom stereocenters. The van der Waals surface area contributed by atoms with Crippen molar-refractivity contribution < 1.29 is 4.79 Å². The minimum atomic E-state index is -0.0366. The lowest BCUT2D eigenvalue weighted by Crippen LogP contribution is -2.14. The second-order valence-electron chi connectivity index (χ2n) is 6.15. The van der Waals surface area contributed by atoms with E-state index in [2.05, 4.69) is 48.4 Å². The summed E-state index contributed by atoms with van der Waals surface area (Å²) in [6.45, 7) is 6.23. The van der Waals surface area contributed by atoms with E-state index in [4.69, 9.17) is 0 Å². The Hall–Kier alpha value is -2.46. The average molecular weight is 350 g/mol. The van der Waals surface area contributed by atoms with Crippen LogP contribution in [0.4, 0.5) is 5.69 Å². The maximum atomic E-state index is 12.3. The van der Waals surface area contributed by atoms with Gasteiger partial charge in [-0.1, -0.05) is 48.9 Å². The Bertz CT molecular complexity index is 864. The first kappa shape index (κ1) is 17.4. The molecule has 25 heavy (non-hydrogen) atoms. The molecule has 1 aromatic heterocycles. The number of aryl methyl sites for hydroxylation is 3. The lowest BCUT2D eigenvalue weighted by atomic mass is 10.1. The Morgan fingerprint density at radius 1 is 1.04 bits per heavy atom. The summed E-state index contributed by atoms with van der Waals surface area (Å²) >= 11 is 1.59. The minimum absolute atomic E-state index is 0.0366. The summed E-state index contributed by atoms with van der Waals surface area (Å²) in [4.78, 5) is 18.1. The van der Waals surface area contributed by atoms with Crippen molar-refractivity contribution in [2.24, 2.45) is 0 Å². The van der Waals surface area contributed by atoms with Gasteiger partial charge in [0.1, 0.15) is 5.01 Å². The van der Waals surface area contributed by atoms with E-state index in [1.165, 1.54) is 11.1 Å². The number of carbonyl (C=O) groups is 1. The number of anilines is 1. The Balaban J connectivity index is 1.71. The zero-order valence-corrected chi connectivity index (χ0v) is 15.6. The van der Waals surface area contributed by atoms with Gasteiger partial charge in [0.15, 0.2) is 0 Å². The molecule has 3 rings (SSSR count). The van der Waals surface area contributed by atoms with Gasteiger partial charge in [0.05, 0.1) is 12.1 Å². The van der Waals surface area contributed by atoms with Gasteiger partial charge in [0.2, 0.25) is 5.91 Å². The Morgan fingerprint density at radius 3 is 2.36 bits per heavy atom. The predicted octanol–water partition coefficient (Wildman–Crippen LogP) is 5.17. The first-order valence-corrected chi connectivity index (χ1v) is 9.29. The van der Waals surface area contributed by atoms with Crippen molar-refractivity contribution in [3.8, 4) is 11.3 Å². The van der Waals surface area contributed by atoms with Crippen molar-refractivity contribution >= 4 is 22.9 Å². The van der Waals surface area contributed by atoms with Gasteiger partial charge in [-0.2, -0.15) is 0 Å². The number of nitrogens with zero attached hydrogens (tertiary/aromatic N) is 1. The van der Waals surface area contributed by atoms with Crippen molar-refractivity contribution in [3.63, 3.8) is 0 Å². The summed E-state index contributed by atoms with van der Waals surface area (Å²) < 4.78 is 0. The van der Waals surface area contributed by atoms with Crippen LogP contribution in [0.5, 0.6) is 0 Å². The highest BCUT2D eigenvalue weighted by Crippen LogP contribution is 2.28. The molecule has 0 unspecified atom stereocenters. The normalized spacial score (nSPS) is 10.7.